The van der Waals surface area contributed by atoms with Gasteiger partial charge in [0.1, 0.15) is 0 Å². The highest BCUT2D eigenvalue weighted by Crippen LogP contribution is 2.31. The van der Waals surface area contributed by atoms with Crippen LogP contribution in [0.2, 0.25) is 0 Å². The number of fused-ring (bicyclic) bond motifs is 1. The van der Waals surface area contributed by atoms with Gasteiger partial charge in [0.25, 0.3) is 5.91 Å². The standard InChI is InChI=1S/C29H25F3N4O2/c30-29(31,32)22-7-9-24(10-8-22)35-13-12-20-16-21(6-11-26(20)35)28(38)34-17-25(18-34)33-14-15-36(27(37)19-33)23-4-2-1-3-5-23/h1-13,16,25H,14-15,17-19H2. The summed E-state index contributed by atoms with van der Waals surface area (Å²) in [4.78, 5) is 31.6. The van der Waals surface area contributed by atoms with Gasteiger partial charge in [-0.3, -0.25) is 14.5 Å². The monoisotopic (exact) mass is 518 g/mol. The lowest BCUT2D eigenvalue weighted by molar-refractivity contribution is -0.137. The van der Waals surface area contributed by atoms with Crippen molar-refractivity contribution in [3.63, 3.8) is 0 Å². The molecule has 0 bridgehead atoms. The number of hydrogen-bond acceptors (Lipinski definition) is 3. The fourth-order valence-corrected chi connectivity index (χ4v) is 5.23. The van der Waals surface area contributed by atoms with Gasteiger partial charge in [0.15, 0.2) is 0 Å². The minimum atomic E-state index is -4.38. The van der Waals surface area contributed by atoms with Crippen molar-refractivity contribution in [2.24, 2.45) is 0 Å². The molecule has 2 fully saturated rings. The Hall–Kier alpha value is -4.11. The molecule has 0 radical (unpaired) electrons. The van der Waals surface area contributed by atoms with Crippen molar-refractivity contribution in [2.45, 2.75) is 12.2 Å². The van der Waals surface area contributed by atoms with Gasteiger partial charge in [-0.25, -0.2) is 0 Å². The van der Waals surface area contributed by atoms with Crippen LogP contribution in [0.4, 0.5) is 18.9 Å². The lowest BCUT2D eigenvalue weighted by Crippen LogP contribution is -2.65. The van der Waals surface area contributed by atoms with E-state index in [1.54, 1.807) is 21.7 Å². The Balaban J connectivity index is 1.09. The number of carbonyl (C=O) groups is 2. The molecule has 0 N–H and O–H groups in total. The first kappa shape index (κ1) is 24.2. The second-order valence-corrected chi connectivity index (χ2v) is 9.72. The first-order valence-electron chi connectivity index (χ1n) is 12.5. The van der Waals surface area contributed by atoms with Crippen LogP contribution in [0.5, 0.6) is 0 Å². The van der Waals surface area contributed by atoms with Crippen molar-refractivity contribution in [1.82, 2.24) is 14.4 Å². The normalized spacial score (nSPS) is 17.2. The van der Waals surface area contributed by atoms with E-state index in [1.165, 1.54) is 12.1 Å². The zero-order chi connectivity index (χ0) is 26.4. The summed E-state index contributed by atoms with van der Waals surface area (Å²) in [6, 6.07) is 22.0. The highest BCUT2D eigenvalue weighted by molar-refractivity contribution is 5.99. The minimum Gasteiger partial charge on any atom is -0.335 e. The minimum absolute atomic E-state index is 0.0650. The predicted molar refractivity (Wildman–Crippen MR) is 138 cm³/mol. The Morgan fingerprint density at radius 1 is 0.842 bits per heavy atom. The summed E-state index contributed by atoms with van der Waals surface area (Å²) in [6.07, 6.45) is -2.60. The van der Waals surface area contributed by atoms with Crippen LogP contribution < -0.4 is 4.90 Å². The zero-order valence-electron chi connectivity index (χ0n) is 20.4. The van der Waals surface area contributed by atoms with E-state index >= 15 is 0 Å². The molecule has 4 aromatic rings. The number of rotatable bonds is 4. The van der Waals surface area contributed by atoms with Crippen molar-refractivity contribution in [1.29, 1.82) is 0 Å². The number of halogens is 3. The van der Waals surface area contributed by atoms with E-state index in [2.05, 4.69) is 4.90 Å². The van der Waals surface area contributed by atoms with E-state index in [0.717, 1.165) is 35.3 Å². The Morgan fingerprint density at radius 2 is 1.58 bits per heavy atom. The van der Waals surface area contributed by atoms with Gasteiger partial charge in [-0.15, -0.1) is 0 Å². The molecule has 2 amide bonds. The maximum Gasteiger partial charge on any atom is 0.416 e. The van der Waals surface area contributed by atoms with Gasteiger partial charge in [0, 0.05) is 60.7 Å². The fourth-order valence-electron chi connectivity index (χ4n) is 5.23. The molecule has 194 valence electrons. The van der Waals surface area contributed by atoms with Crippen LogP contribution in [0, 0.1) is 0 Å². The van der Waals surface area contributed by atoms with Crippen molar-refractivity contribution in [3.05, 3.63) is 96.2 Å². The molecule has 1 aromatic heterocycles. The largest absolute Gasteiger partial charge is 0.416 e. The molecule has 0 unspecified atom stereocenters. The zero-order valence-corrected chi connectivity index (χ0v) is 20.4. The molecule has 3 heterocycles. The average Bonchev–Trinajstić information content (AvgIpc) is 3.31. The number of alkyl halides is 3. The lowest BCUT2D eigenvalue weighted by atomic mass is 10.0. The number of para-hydroxylation sites is 1. The van der Waals surface area contributed by atoms with Gasteiger partial charge in [0.05, 0.1) is 17.6 Å². The molecule has 0 aliphatic carbocycles. The molecule has 9 heteroatoms. The molecule has 0 spiro atoms. The quantitative estimate of drug-likeness (QED) is 0.389. The molecule has 0 saturated carbocycles. The van der Waals surface area contributed by atoms with Crippen molar-refractivity contribution in [2.75, 3.05) is 37.6 Å². The number of piperazine rings is 1. The van der Waals surface area contributed by atoms with Crippen LogP contribution in [0.15, 0.2) is 85.1 Å². The molecule has 6 rings (SSSR count). The molecule has 38 heavy (non-hydrogen) atoms. The maximum atomic E-state index is 13.1. The molecule has 2 saturated heterocycles. The highest BCUT2D eigenvalue weighted by Gasteiger charge is 2.38. The summed E-state index contributed by atoms with van der Waals surface area (Å²) >= 11 is 0. The van der Waals surface area contributed by atoms with Gasteiger partial charge >= 0.3 is 6.18 Å². The summed E-state index contributed by atoms with van der Waals surface area (Å²) in [5, 5.41) is 0.829. The van der Waals surface area contributed by atoms with Gasteiger partial charge < -0.3 is 14.4 Å². The van der Waals surface area contributed by atoms with Crippen LogP contribution in [-0.2, 0) is 11.0 Å². The van der Waals surface area contributed by atoms with Gasteiger partial charge in [0.2, 0.25) is 5.91 Å². The molecule has 6 nitrogen and oxygen atoms in total. The van der Waals surface area contributed by atoms with Gasteiger partial charge in [-0.05, 0) is 60.7 Å². The Morgan fingerprint density at radius 3 is 2.26 bits per heavy atom. The lowest BCUT2D eigenvalue weighted by Gasteiger charge is -2.47. The number of benzene rings is 3. The average molecular weight is 519 g/mol. The van der Waals surface area contributed by atoms with Crippen LogP contribution in [0.3, 0.4) is 0 Å². The third-order valence-electron chi connectivity index (χ3n) is 7.39. The van der Waals surface area contributed by atoms with E-state index in [9.17, 15) is 22.8 Å². The third-order valence-corrected chi connectivity index (χ3v) is 7.39. The van der Waals surface area contributed by atoms with Gasteiger partial charge in [-0.2, -0.15) is 13.2 Å². The second kappa shape index (κ2) is 9.33. The number of likely N-dealkylation sites (tertiary alicyclic amines) is 1. The molecular formula is C29H25F3N4O2. The first-order valence-corrected chi connectivity index (χ1v) is 12.5. The van der Waals surface area contributed by atoms with E-state index in [0.29, 0.717) is 37.4 Å². The Kier molecular flexibility index (Phi) is 5.95. The predicted octanol–water partition coefficient (Wildman–Crippen LogP) is 4.82. The first-order chi connectivity index (χ1) is 18.3. The topological polar surface area (TPSA) is 48.8 Å². The van der Waals surface area contributed by atoms with Crippen LogP contribution in [0.25, 0.3) is 16.6 Å². The summed E-state index contributed by atoms with van der Waals surface area (Å²) in [5.74, 6) is -0.00471. The van der Waals surface area contributed by atoms with Crippen LogP contribution in [-0.4, -0.2) is 64.9 Å². The van der Waals surface area contributed by atoms with Crippen molar-refractivity contribution >= 4 is 28.4 Å². The molecular weight excluding hydrogens is 493 g/mol. The van der Waals surface area contributed by atoms with E-state index in [-0.39, 0.29) is 17.9 Å². The van der Waals surface area contributed by atoms with Crippen LogP contribution in [0.1, 0.15) is 15.9 Å². The number of aromatic nitrogens is 1. The second-order valence-electron chi connectivity index (χ2n) is 9.72. The van der Waals surface area contributed by atoms with E-state index in [1.807, 2.05) is 53.4 Å². The summed E-state index contributed by atoms with van der Waals surface area (Å²) in [6.45, 7) is 2.87. The number of nitrogens with zero attached hydrogens (tertiary/aromatic N) is 4. The van der Waals surface area contributed by atoms with E-state index in [4.69, 9.17) is 0 Å². The van der Waals surface area contributed by atoms with Crippen molar-refractivity contribution in [3.8, 4) is 5.69 Å². The number of anilines is 1. The fraction of sp³-hybridized carbons (Fsp3) is 0.241. The van der Waals surface area contributed by atoms with Crippen LogP contribution >= 0.6 is 0 Å². The Labute approximate surface area is 217 Å². The molecule has 0 atom stereocenters. The summed E-state index contributed by atoms with van der Waals surface area (Å²) < 4.78 is 40.5. The smallest absolute Gasteiger partial charge is 0.335 e. The maximum absolute atomic E-state index is 13.1. The third kappa shape index (κ3) is 4.43. The molecule has 2 aliphatic heterocycles. The molecule has 3 aromatic carbocycles. The number of carbonyl (C=O) groups excluding carboxylic acids is 2. The van der Waals surface area contributed by atoms with E-state index < -0.39 is 11.7 Å². The number of hydrogen-bond donors (Lipinski definition) is 0. The summed E-state index contributed by atoms with van der Waals surface area (Å²) in [5.41, 5.74) is 2.19. The molecule has 2 aliphatic rings. The van der Waals surface area contributed by atoms with Gasteiger partial charge in [-0.1, -0.05) is 18.2 Å². The Bertz CT molecular complexity index is 1490. The SMILES string of the molecule is O=C(c1ccc2c(ccn2-c2ccc(C(F)(F)F)cc2)c1)N1CC(N2CCN(c3ccccc3)C(=O)C2)C1. The number of amides is 2. The van der Waals surface area contributed by atoms with Crippen molar-refractivity contribution < 1.29 is 22.8 Å². The highest BCUT2D eigenvalue weighted by atomic mass is 19.4. The summed E-state index contributed by atoms with van der Waals surface area (Å²) in [7, 11) is 0.